The zero-order chi connectivity index (χ0) is 12.7. The van der Waals surface area contributed by atoms with E-state index in [1.165, 1.54) is 24.3 Å². The molecular weight excluding hydrogens is 258 g/mol. The Morgan fingerprint density at radius 2 is 2.06 bits per heavy atom. The van der Waals surface area contributed by atoms with Gasteiger partial charge in [0.05, 0.1) is 11.0 Å². The van der Waals surface area contributed by atoms with E-state index in [4.69, 9.17) is 16.9 Å². The van der Waals surface area contributed by atoms with E-state index >= 15 is 0 Å². The lowest BCUT2D eigenvalue weighted by molar-refractivity contribution is 0.581. The smallest absolute Gasteiger partial charge is 0.197 e. The summed E-state index contributed by atoms with van der Waals surface area (Å²) in [6, 6.07) is 7.97. The first-order chi connectivity index (χ1) is 7.98. The summed E-state index contributed by atoms with van der Waals surface area (Å²) in [4.78, 5) is 0.180. The van der Waals surface area contributed by atoms with Crippen LogP contribution in [0.25, 0.3) is 0 Å². The fourth-order valence-corrected chi connectivity index (χ4v) is 4.32. The zero-order valence-electron chi connectivity index (χ0n) is 9.35. The average molecular weight is 270 g/mol. The highest BCUT2D eigenvalue weighted by atomic mass is 35.5. The maximum absolute atomic E-state index is 12.4. The molecule has 0 N–H and O–H groups in total. The van der Waals surface area contributed by atoms with Crippen LogP contribution in [0.1, 0.15) is 19.8 Å². The molecule has 1 aromatic rings. The Hall–Kier alpha value is -1.05. The van der Waals surface area contributed by atoms with Gasteiger partial charge in [0.15, 0.2) is 14.6 Å². The summed E-state index contributed by atoms with van der Waals surface area (Å²) in [5, 5.41) is 9.64. The molecule has 17 heavy (non-hydrogen) atoms. The molecule has 1 aromatic carbocycles. The van der Waals surface area contributed by atoms with Crippen molar-refractivity contribution < 1.29 is 8.42 Å². The summed E-state index contributed by atoms with van der Waals surface area (Å²) in [5.74, 6) is -0.0480. The van der Waals surface area contributed by atoms with Crippen LogP contribution in [-0.2, 0) is 9.84 Å². The van der Waals surface area contributed by atoms with Crippen molar-refractivity contribution in [2.45, 2.75) is 29.4 Å². The van der Waals surface area contributed by atoms with Crippen LogP contribution in [0.3, 0.4) is 0 Å². The highest BCUT2D eigenvalue weighted by Crippen LogP contribution is 2.53. The predicted octanol–water partition coefficient (Wildman–Crippen LogP) is 2.81. The summed E-state index contributed by atoms with van der Waals surface area (Å²) in [6.45, 7) is 1.90. The topological polar surface area (TPSA) is 57.9 Å². The highest BCUT2D eigenvalue weighted by molar-refractivity contribution is 7.93. The Morgan fingerprint density at radius 1 is 1.47 bits per heavy atom. The van der Waals surface area contributed by atoms with E-state index < -0.39 is 14.6 Å². The average Bonchev–Trinajstić information content (AvgIpc) is 3.05. The zero-order valence-corrected chi connectivity index (χ0v) is 10.9. The summed E-state index contributed by atoms with van der Waals surface area (Å²) in [6.07, 6.45) is 1.14. The molecule has 0 bridgehead atoms. The molecule has 2 atom stereocenters. The molecule has 2 unspecified atom stereocenters. The van der Waals surface area contributed by atoms with E-state index in [-0.39, 0.29) is 10.8 Å². The third kappa shape index (κ3) is 1.74. The standard InChI is InChI=1S/C12H12ClNO2S/c1-2-9-7-12(9,8-14)17(15,16)11-5-3-10(13)4-6-11/h3-6,9H,2,7H2,1H3. The van der Waals surface area contributed by atoms with Crippen molar-refractivity contribution in [2.24, 2.45) is 5.92 Å². The molecule has 0 heterocycles. The largest absolute Gasteiger partial charge is 0.222 e. The van der Waals surface area contributed by atoms with Crippen molar-refractivity contribution >= 4 is 21.4 Å². The minimum atomic E-state index is -3.58. The van der Waals surface area contributed by atoms with Crippen molar-refractivity contribution in [3.05, 3.63) is 29.3 Å². The molecule has 0 radical (unpaired) electrons. The van der Waals surface area contributed by atoms with Crippen LogP contribution in [-0.4, -0.2) is 13.2 Å². The van der Waals surface area contributed by atoms with Crippen LogP contribution < -0.4 is 0 Å². The van der Waals surface area contributed by atoms with Crippen molar-refractivity contribution in [3.63, 3.8) is 0 Å². The Labute approximate surface area is 106 Å². The molecule has 1 aliphatic rings. The van der Waals surface area contributed by atoms with E-state index in [1.807, 2.05) is 13.0 Å². The monoisotopic (exact) mass is 269 g/mol. The molecular formula is C12H12ClNO2S. The molecule has 1 saturated carbocycles. The number of halogens is 1. The predicted molar refractivity (Wildman–Crippen MR) is 65.4 cm³/mol. The van der Waals surface area contributed by atoms with Gasteiger partial charge in [0, 0.05) is 5.02 Å². The first kappa shape index (κ1) is 12.4. The molecule has 1 aliphatic carbocycles. The molecule has 2 rings (SSSR count). The molecule has 90 valence electrons. The lowest BCUT2D eigenvalue weighted by atomic mass is 10.3. The minimum absolute atomic E-state index is 0.0480. The van der Waals surface area contributed by atoms with E-state index in [1.54, 1.807) is 0 Å². The van der Waals surface area contributed by atoms with Gasteiger partial charge in [-0.2, -0.15) is 5.26 Å². The fourth-order valence-electron chi connectivity index (χ4n) is 2.13. The molecule has 0 aromatic heterocycles. The van der Waals surface area contributed by atoms with Crippen LogP contribution in [0.5, 0.6) is 0 Å². The Kier molecular flexibility index (Phi) is 2.92. The summed E-state index contributed by atoms with van der Waals surface area (Å²) >= 11 is 5.72. The third-order valence-electron chi connectivity index (χ3n) is 3.33. The second-order valence-electron chi connectivity index (χ2n) is 4.27. The third-order valence-corrected chi connectivity index (χ3v) is 6.03. The highest BCUT2D eigenvalue weighted by Gasteiger charge is 2.64. The number of rotatable bonds is 3. The number of nitrogens with zero attached hydrogens (tertiary/aromatic N) is 1. The Morgan fingerprint density at radius 3 is 2.47 bits per heavy atom. The van der Waals surface area contributed by atoms with Gasteiger partial charge in [-0.05, 0) is 36.6 Å². The number of sulfone groups is 1. The fraction of sp³-hybridized carbons (Fsp3) is 0.417. The van der Waals surface area contributed by atoms with Crippen LogP contribution in [0.4, 0.5) is 0 Å². The molecule has 5 heteroatoms. The molecule has 3 nitrogen and oxygen atoms in total. The molecule has 0 spiro atoms. The van der Waals surface area contributed by atoms with Gasteiger partial charge in [-0.15, -0.1) is 0 Å². The summed E-state index contributed by atoms with van der Waals surface area (Å²) < 4.78 is 23.5. The molecule has 0 saturated heterocycles. The van der Waals surface area contributed by atoms with E-state index in [9.17, 15) is 8.42 Å². The second kappa shape index (κ2) is 4.01. The quantitative estimate of drug-likeness (QED) is 0.848. The maximum Gasteiger partial charge on any atom is 0.197 e. The Bertz CT molecular complexity index is 574. The van der Waals surface area contributed by atoms with E-state index in [0.29, 0.717) is 17.9 Å². The van der Waals surface area contributed by atoms with Crippen LogP contribution >= 0.6 is 11.6 Å². The molecule has 0 aliphatic heterocycles. The van der Waals surface area contributed by atoms with Gasteiger partial charge < -0.3 is 0 Å². The van der Waals surface area contributed by atoms with Crippen molar-refractivity contribution in [3.8, 4) is 6.07 Å². The normalized spacial score (nSPS) is 27.5. The Balaban J connectivity index is 2.45. The van der Waals surface area contributed by atoms with Crippen molar-refractivity contribution in [1.82, 2.24) is 0 Å². The van der Waals surface area contributed by atoms with Crippen LogP contribution in [0.15, 0.2) is 29.2 Å². The van der Waals surface area contributed by atoms with Gasteiger partial charge >= 0.3 is 0 Å². The van der Waals surface area contributed by atoms with E-state index in [0.717, 1.165) is 0 Å². The van der Waals surface area contributed by atoms with Crippen molar-refractivity contribution in [1.29, 1.82) is 5.26 Å². The van der Waals surface area contributed by atoms with Gasteiger partial charge in [-0.3, -0.25) is 0 Å². The van der Waals surface area contributed by atoms with Gasteiger partial charge in [0.2, 0.25) is 0 Å². The SMILES string of the molecule is CCC1CC1(C#N)S(=O)(=O)c1ccc(Cl)cc1. The first-order valence-corrected chi connectivity index (χ1v) is 7.25. The van der Waals surface area contributed by atoms with E-state index in [2.05, 4.69) is 0 Å². The van der Waals surface area contributed by atoms with Crippen molar-refractivity contribution in [2.75, 3.05) is 0 Å². The summed E-state index contributed by atoms with van der Waals surface area (Å²) in [7, 11) is -3.58. The second-order valence-corrected chi connectivity index (χ2v) is 6.91. The van der Waals surface area contributed by atoms with Crippen LogP contribution in [0, 0.1) is 17.2 Å². The number of nitriles is 1. The number of benzene rings is 1. The lowest BCUT2D eigenvalue weighted by Crippen LogP contribution is -2.24. The van der Waals surface area contributed by atoms with Gasteiger partial charge in [0.1, 0.15) is 0 Å². The molecule has 1 fully saturated rings. The van der Waals surface area contributed by atoms with Crippen LogP contribution in [0.2, 0.25) is 5.02 Å². The lowest BCUT2D eigenvalue weighted by Gasteiger charge is -2.10. The van der Waals surface area contributed by atoms with Gasteiger partial charge in [-0.25, -0.2) is 8.42 Å². The number of hydrogen-bond acceptors (Lipinski definition) is 3. The number of hydrogen-bond donors (Lipinski definition) is 0. The van der Waals surface area contributed by atoms with Gasteiger partial charge in [0.25, 0.3) is 0 Å². The minimum Gasteiger partial charge on any atom is -0.222 e. The molecule has 0 amide bonds. The maximum atomic E-state index is 12.4. The first-order valence-electron chi connectivity index (χ1n) is 5.39. The summed E-state index contributed by atoms with van der Waals surface area (Å²) in [5.41, 5.74) is 0. The van der Waals surface area contributed by atoms with Gasteiger partial charge in [-0.1, -0.05) is 24.9 Å².